The summed E-state index contributed by atoms with van der Waals surface area (Å²) in [7, 11) is 0. The van der Waals surface area contributed by atoms with Crippen molar-refractivity contribution >= 4 is 11.3 Å². The van der Waals surface area contributed by atoms with Crippen molar-refractivity contribution in [1.29, 1.82) is 0 Å². The number of rotatable bonds is 6. The number of aryl methyl sites for hydroxylation is 1. The Morgan fingerprint density at radius 1 is 1.20 bits per heavy atom. The molecule has 1 heterocycles. The molecule has 1 aliphatic rings. The Balaban J connectivity index is 1.96. The first-order valence-electron chi connectivity index (χ1n) is 8.35. The van der Waals surface area contributed by atoms with E-state index >= 15 is 0 Å². The van der Waals surface area contributed by atoms with Crippen LogP contribution < -0.4 is 5.32 Å². The van der Waals surface area contributed by atoms with Crippen molar-refractivity contribution in [3.8, 4) is 0 Å². The van der Waals surface area contributed by atoms with Crippen molar-refractivity contribution in [2.45, 2.75) is 72.3 Å². The zero-order valence-electron chi connectivity index (χ0n) is 13.7. The van der Waals surface area contributed by atoms with Crippen LogP contribution in [0.5, 0.6) is 0 Å². The lowest BCUT2D eigenvalue weighted by molar-refractivity contribution is 0.161. The molecule has 0 aromatic carbocycles. The van der Waals surface area contributed by atoms with Crippen LogP contribution in [-0.4, -0.2) is 12.6 Å². The van der Waals surface area contributed by atoms with Crippen LogP contribution in [-0.2, 0) is 12.8 Å². The van der Waals surface area contributed by atoms with Gasteiger partial charge in [-0.05, 0) is 68.5 Å². The molecule has 1 aromatic heterocycles. The summed E-state index contributed by atoms with van der Waals surface area (Å²) in [5, 5.41) is 3.76. The maximum atomic E-state index is 3.76. The van der Waals surface area contributed by atoms with Gasteiger partial charge in [-0.2, -0.15) is 0 Å². The first-order chi connectivity index (χ1) is 9.54. The van der Waals surface area contributed by atoms with E-state index in [0.717, 1.165) is 12.5 Å². The number of thiophene rings is 1. The molecule has 0 bridgehead atoms. The molecule has 2 rings (SSSR count). The van der Waals surface area contributed by atoms with Gasteiger partial charge in [-0.25, -0.2) is 0 Å². The van der Waals surface area contributed by atoms with Gasteiger partial charge < -0.3 is 5.32 Å². The minimum Gasteiger partial charge on any atom is -0.314 e. The molecule has 0 spiro atoms. The molecule has 1 aliphatic carbocycles. The minimum atomic E-state index is 0.575. The Kier molecular flexibility index (Phi) is 5.68. The summed E-state index contributed by atoms with van der Waals surface area (Å²) in [5.74, 6) is 0.871. The maximum Gasteiger partial charge on any atom is 0.0143 e. The van der Waals surface area contributed by atoms with Gasteiger partial charge in [0.1, 0.15) is 0 Å². The summed E-state index contributed by atoms with van der Waals surface area (Å²) >= 11 is 2.01. The number of hydrogen-bond donors (Lipinski definition) is 1. The van der Waals surface area contributed by atoms with Crippen LogP contribution in [0.4, 0.5) is 0 Å². The Hall–Kier alpha value is -0.340. The Morgan fingerprint density at radius 3 is 2.40 bits per heavy atom. The van der Waals surface area contributed by atoms with Crippen LogP contribution in [0.25, 0.3) is 0 Å². The Bertz CT molecular complexity index is 397. The summed E-state index contributed by atoms with van der Waals surface area (Å²) in [6.45, 7) is 10.4. The minimum absolute atomic E-state index is 0.575. The molecule has 1 unspecified atom stereocenters. The van der Waals surface area contributed by atoms with E-state index in [9.17, 15) is 0 Å². The van der Waals surface area contributed by atoms with Crippen molar-refractivity contribution in [3.05, 3.63) is 21.9 Å². The van der Waals surface area contributed by atoms with Crippen LogP contribution in [0.2, 0.25) is 0 Å². The number of hydrogen-bond acceptors (Lipinski definition) is 2. The van der Waals surface area contributed by atoms with Gasteiger partial charge in [0.15, 0.2) is 0 Å². The van der Waals surface area contributed by atoms with Crippen LogP contribution in [0.15, 0.2) is 12.1 Å². The molecule has 0 aliphatic heterocycles. The van der Waals surface area contributed by atoms with E-state index in [1.54, 1.807) is 4.88 Å². The molecule has 1 nitrogen and oxygen atoms in total. The molecule has 0 saturated heterocycles. The van der Waals surface area contributed by atoms with Gasteiger partial charge >= 0.3 is 0 Å². The zero-order chi connectivity index (χ0) is 14.6. The van der Waals surface area contributed by atoms with Gasteiger partial charge in [0.25, 0.3) is 0 Å². The second kappa shape index (κ2) is 7.09. The van der Waals surface area contributed by atoms with E-state index in [0.29, 0.717) is 11.5 Å². The van der Waals surface area contributed by atoms with E-state index in [-0.39, 0.29) is 0 Å². The molecule has 114 valence electrons. The number of nitrogens with one attached hydrogen (secondary N) is 1. The van der Waals surface area contributed by atoms with Crippen LogP contribution in [0.1, 0.15) is 63.1 Å². The van der Waals surface area contributed by atoms with Crippen molar-refractivity contribution < 1.29 is 0 Å². The fraction of sp³-hybridized carbons (Fsp3) is 0.778. The van der Waals surface area contributed by atoms with Crippen molar-refractivity contribution in [1.82, 2.24) is 5.32 Å². The molecule has 2 heteroatoms. The van der Waals surface area contributed by atoms with Crippen LogP contribution >= 0.6 is 11.3 Å². The average molecular weight is 294 g/mol. The van der Waals surface area contributed by atoms with Gasteiger partial charge in [-0.3, -0.25) is 0 Å². The normalized spacial score (nSPS) is 21.0. The monoisotopic (exact) mass is 293 g/mol. The van der Waals surface area contributed by atoms with E-state index < -0.39 is 0 Å². The molecular weight excluding hydrogens is 262 g/mol. The Morgan fingerprint density at radius 2 is 1.85 bits per heavy atom. The largest absolute Gasteiger partial charge is 0.314 e. The SMILES string of the molecule is CCNC(Cc1ccc(CC)s1)C1CCC(C)(C)CC1. The third-order valence-electron chi connectivity index (χ3n) is 4.91. The van der Waals surface area contributed by atoms with Crippen molar-refractivity contribution in [2.75, 3.05) is 6.54 Å². The Labute approximate surface area is 129 Å². The quantitative estimate of drug-likeness (QED) is 0.774. The first-order valence-corrected chi connectivity index (χ1v) is 9.16. The predicted molar refractivity (Wildman–Crippen MR) is 90.6 cm³/mol. The van der Waals surface area contributed by atoms with E-state index in [1.165, 1.54) is 43.4 Å². The van der Waals surface area contributed by atoms with E-state index in [2.05, 4.69) is 45.1 Å². The molecule has 20 heavy (non-hydrogen) atoms. The van der Waals surface area contributed by atoms with E-state index in [1.807, 2.05) is 11.3 Å². The fourth-order valence-electron chi connectivity index (χ4n) is 3.43. The second-order valence-electron chi connectivity index (χ2n) is 7.09. The third-order valence-corrected chi connectivity index (χ3v) is 6.16. The molecule has 1 saturated carbocycles. The zero-order valence-corrected chi connectivity index (χ0v) is 14.5. The van der Waals surface area contributed by atoms with Gasteiger partial charge in [0.05, 0.1) is 0 Å². The highest BCUT2D eigenvalue weighted by molar-refractivity contribution is 7.11. The molecule has 0 radical (unpaired) electrons. The average Bonchev–Trinajstić information content (AvgIpc) is 2.86. The highest BCUT2D eigenvalue weighted by Crippen LogP contribution is 2.39. The highest BCUT2D eigenvalue weighted by atomic mass is 32.1. The van der Waals surface area contributed by atoms with Gasteiger partial charge in [0, 0.05) is 15.8 Å². The van der Waals surface area contributed by atoms with Gasteiger partial charge in [-0.15, -0.1) is 11.3 Å². The highest BCUT2D eigenvalue weighted by Gasteiger charge is 2.31. The summed E-state index contributed by atoms with van der Waals surface area (Å²) in [4.78, 5) is 3.10. The smallest absolute Gasteiger partial charge is 0.0143 e. The van der Waals surface area contributed by atoms with Crippen molar-refractivity contribution in [3.63, 3.8) is 0 Å². The molecule has 1 atom stereocenters. The molecule has 1 N–H and O–H groups in total. The second-order valence-corrected chi connectivity index (χ2v) is 8.34. The van der Waals surface area contributed by atoms with Gasteiger partial charge in [0.2, 0.25) is 0 Å². The molecule has 0 amide bonds. The predicted octanol–water partition coefficient (Wildman–Crippen LogP) is 5.05. The molecule has 1 aromatic rings. The first kappa shape index (κ1) is 16.0. The van der Waals surface area contributed by atoms with Gasteiger partial charge in [-0.1, -0.05) is 27.7 Å². The van der Waals surface area contributed by atoms with E-state index in [4.69, 9.17) is 0 Å². The topological polar surface area (TPSA) is 12.0 Å². The van der Waals surface area contributed by atoms with Crippen LogP contribution in [0.3, 0.4) is 0 Å². The lowest BCUT2D eigenvalue weighted by Gasteiger charge is -2.38. The number of likely N-dealkylation sites (N-methyl/N-ethyl adjacent to an activating group) is 1. The molecular formula is C18H31NS. The summed E-state index contributed by atoms with van der Waals surface area (Å²) in [6.07, 6.45) is 7.99. The third kappa shape index (κ3) is 4.33. The lowest BCUT2D eigenvalue weighted by Crippen LogP contribution is -2.40. The summed E-state index contributed by atoms with van der Waals surface area (Å²) < 4.78 is 0. The summed E-state index contributed by atoms with van der Waals surface area (Å²) in [5.41, 5.74) is 0.575. The van der Waals surface area contributed by atoms with Crippen LogP contribution in [0, 0.1) is 11.3 Å². The molecule has 1 fully saturated rings. The maximum absolute atomic E-state index is 3.76. The standard InChI is InChI=1S/C18H31NS/c1-5-15-7-8-16(20-15)13-17(19-6-2)14-9-11-18(3,4)12-10-14/h7-8,14,17,19H,5-6,9-13H2,1-4H3. The summed E-state index contributed by atoms with van der Waals surface area (Å²) in [6, 6.07) is 5.34. The lowest BCUT2D eigenvalue weighted by atomic mass is 9.70. The van der Waals surface area contributed by atoms with Crippen molar-refractivity contribution in [2.24, 2.45) is 11.3 Å². The fourth-order valence-corrected chi connectivity index (χ4v) is 4.45.